The molecule has 1 aromatic heterocycles. The lowest BCUT2D eigenvalue weighted by molar-refractivity contribution is -0.121. The summed E-state index contributed by atoms with van der Waals surface area (Å²) in [6.07, 6.45) is 0.789. The van der Waals surface area contributed by atoms with Gasteiger partial charge in [-0.3, -0.25) is 4.79 Å². The quantitative estimate of drug-likeness (QED) is 0.826. The lowest BCUT2D eigenvalue weighted by atomic mass is 10.1. The molecule has 1 amide bonds. The number of rotatable bonds is 3. The van der Waals surface area contributed by atoms with Crippen molar-refractivity contribution in [3.05, 3.63) is 5.69 Å². The number of hydrogen-bond donors (Lipinski definition) is 2. The number of carbonyl (C=O) groups is 1. The van der Waals surface area contributed by atoms with Crippen LogP contribution < -0.4 is 16.4 Å². The molecule has 2 rings (SSSR count). The molecule has 0 radical (unpaired) electrons. The van der Waals surface area contributed by atoms with E-state index in [0.29, 0.717) is 12.2 Å². The van der Waals surface area contributed by atoms with Crippen molar-refractivity contribution in [3.63, 3.8) is 0 Å². The summed E-state index contributed by atoms with van der Waals surface area (Å²) in [4.78, 5) is 13.3. The topological polar surface area (TPSA) is 90.2 Å². The maximum absolute atomic E-state index is 11.2. The summed E-state index contributed by atoms with van der Waals surface area (Å²) in [6.45, 7) is 7.47. The fourth-order valence-electron chi connectivity index (χ4n) is 2.41. The van der Waals surface area contributed by atoms with E-state index in [0.717, 1.165) is 24.5 Å². The third kappa shape index (κ3) is 2.02. The maximum atomic E-state index is 11.2. The van der Waals surface area contributed by atoms with Gasteiger partial charge in [0.2, 0.25) is 5.91 Å². The molecule has 100 valence electrons. The van der Waals surface area contributed by atoms with Gasteiger partial charge in [0, 0.05) is 19.1 Å². The van der Waals surface area contributed by atoms with Gasteiger partial charge in [0.05, 0.1) is 17.3 Å². The van der Waals surface area contributed by atoms with Crippen molar-refractivity contribution in [2.45, 2.75) is 33.2 Å². The fraction of sp³-hybridized carbons (Fsp3) is 0.667. The molecule has 1 unspecified atom stereocenters. The Labute approximate surface area is 107 Å². The molecule has 1 atom stereocenters. The molecule has 18 heavy (non-hydrogen) atoms. The first-order chi connectivity index (χ1) is 8.41. The lowest BCUT2D eigenvalue weighted by Crippen LogP contribution is -2.29. The van der Waals surface area contributed by atoms with Crippen molar-refractivity contribution in [2.24, 2.45) is 11.7 Å². The Morgan fingerprint density at radius 3 is 2.67 bits per heavy atom. The molecule has 6 nitrogen and oxygen atoms in total. The first-order valence-electron chi connectivity index (χ1n) is 6.30. The van der Waals surface area contributed by atoms with Gasteiger partial charge in [-0.05, 0) is 27.2 Å². The normalized spacial score (nSPS) is 19.8. The molecule has 1 fully saturated rings. The second-order valence-corrected chi connectivity index (χ2v) is 5.19. The summed E-state index contributed by atoms with van der Waals surface area (Å²) >= 11 is 0. The van der Waals surface area contributed by atoms with Crippen LogP contribution in [-0.4, -0.2) is 28.8 Å². The van der Waals surface area contributed by atoms with E-state index in [4.69, 9.17) is 11.5 Å². The molecular weight excluding hydrogens is 230 g/mol. The Kier molecular flexibility index (Phi) is 3.19. The van der Waals surface area contributed by atoms with E-state index < -0.39 is 0 Å². The van der Waals surface area contributed by atoms with Crippen LogP contribution in [-0.2, 0) is 4.79 Å². The van der Waals surface area contributed by atoms with Crippen LogP contribution in [0.4, 0.5) is 11.5 Å². The number of aromatic nitrogens is 2. The van der Waals surface area contributed by atoms with Crippen molar-refractivity contribution in [1.82, 2.24) is 9.78 Å². The first-order valence-corrected chi connectivity index (χ1v) is 6.30. The summed E-state index contributed by atoms with van der Waals surface area (Å²) in [5, 5.41) is 4.46. The molecule has 0 aliphatic carbocycles. The number of aryl methyl sites for hydroxylation is 1. The molecule has 6 heteroatoms. The van der Waals surface area contributed by atoms with Gasteiger partial charge in [-0.1, -0.05) is 0 Å². The maximum Gasteiger partial charge on any atom is 0.222 e. The highest BCUT2D eigenvalue weighted by Crippen LogP contribution is 2.32. The molecule has 1 aliphatic heterocycles. The van der Waals surface area contributed by atoms with Crippen LogP contribution in [0.5, 0.6) is 0 Å². The molecule has 1 aromatic rings. The summed E-state index contributed by atoms with van der Waals surface area (Å²) in [6, 6.07) is 0.239. The number of carbonyl (C=O) groups excluding carboxylic acids is 1. The van der Waals surface area contributed by atoms with Crippen LogP contribution in [0.25, 0.3) is 0 Å². The molecule has 0 saturated carbocycles. The monoisotopic (exact) mass is 251 g/mol. The number of nitrogen functional groups attached to an aromatic ring is 1. The Hall–Kier alpha value is -1.72. The number of hydrogen-bond acceptors (Lipinski definition) is 4. The zero-order valence-corrected chi connectivity index (χ0v) is 11.2. The van der Waals surface area contributed by atoms with Crippen molar-refractivity contribution in [1.29, 1.82) is 0 Å². The van der Waals surface area contributed by atoms with Gasteiger partial charge in [0.1, 0.15) is 0 Å². The van der Waals surface area contributed by atoms with Gasteiger partial charge >= 0.3 is 0 Å². The highest BCUT2D eigenvalue weighted by Gasteiger charge is 2.30. The van der Waals surface area contributed by atoms with Crippen LogP contribution in [0, 0.1) is 12.8 Å². The number of anilines is 2. The third-order valence-corrected chi connectivity index (χ3v) is 3.48. The Balaban J connectivity index is 2.31. The van der Waals surface area contributed by atoms with Crippen molar-refractivity contribution >= 4 is 17.4 Å². The summed E-state index contributed by atoms with van der Waals surface area (Å²) < 4.78 is 1.92. The van der Waals surface area contributed by atoms with Crippen LogP contribution in [0.2, 0.25) is 0 Å². The number of nitrogens with zero attached hydrogens (tertiary/aromatic N) is 3. The lowest BCUT2D eigenvalue weighted by Gasteiger charge is -2.22. The minimum Gasteiger partial charge on any atom is -0.394 e. The molecule has 4 N–H and O–H groups in total. The van der Waals surface area contributed by atoms with Crippen LogP contribution in [0.3, 0.4) is 0 Å². The number of amides is 1. The van der Waals surface area contributed by atoms with E-state index in [1.54, 1.807) is 0 Å². The minimum atomic E-state index is -0.233. The van der Waals surface area contributed by atoms with Gasteiger partial charge < -0.3 is 16.4 Å². The minimum absolute atomic E-state index is 0.0831. The van der Waals surface area contributed by atoms with E-state index in [9.17, 15) is 4.79 Å². The van der Waals surface area contributed by atoms with Crippen molar-refractivity contribution < 1.29 is 4.79 Å². The van der Waals surface area contributed by atoms with Crippen molar-refractivity contribution in [2.75, 3.05) is 23.7 Å². The van der Waals surface area contributed by atoms with E-state index in [1.165, 1.54) is 0 Å². The van der Waals surface area contributed by atoms with Gasteiger partial charge in [-0.2, -0.15) is 5.10 Å². The first kappa shape index (κ1) is 12.7. The summed E-state index contributed by atoms with van der Waals surface area (Å²) in [5.41, 5.74) is 13.0. The average Bonchev–Trinajstić information content (AvgIpc) is 2.85. The third-order valence-electron chi connectivity index (χ3n) is 3.48. The van der Waals surface area contributed by atoms with E-state index in [-0.39, 0.29) is 17.9 Å². The van der Waals surface area contributed by atoms with Crippen molar-refractivity contribution in [3.8, 4) is 0 Å². The molecule has 2 heterocycles. The largest absolute Gasteiger partial charge is 0.394 e. The zero-order chi connectivity index (χ0) is 13.4. The zero-order valence-electron chi connectivity index (χ0n) is 11.2. The summed E-state index contributed by atoms with van der Waals surface area (Å²) in [5.74, 6) is 0.606. The molecule has 1 saturated heterocycles. The Bertz CT molecular complexity index is 465. The van der Waals surface area contributed by atoms with E-state index in [1.807, 2.05) is 11.6 Å². The fourth-order valence-corrected chi connectivity index (χ4v) is 2.41. The molecular formula is C12H21N5O. The number of nitrogens with two attached hydrogens (primary N) is 2. The number of primary amides is 1. The predicted octanol–water partition coefficient (Wildman–Crippen LogP) is 0.666. The Morgan fingerprint density at radius 2 is 2.17 bits per heavy atom. The van der Waals surface area contributed by atoms with Gasteiger partial charge in [0.25, 0.3) is 0 Å². The van der Waals surface area contributed by atoms with Crippen LogP contribution >= 0.6 is 0 Å². The van der Waals surface area contributed by atoms with Gasteiger partial charge in [-0.15, -0.1) is 0 Å². The SMILES string of the molecule is Cc1nn(C(C)C)c(N2CCC(C(N)=O)C2)c1N. The van der Waals surface area contributed by atoms with Crippen LogP contribution in [0.1, 0.15) is 32.0 Å². The van der Waals surface area contributed by atoms with Gasteiger partial charge in [0.15, 0.2) is 5.82 Å². The second kappa shape index (κ2) is 4.51. The van der Waals surface area contributed by atoms with E-state index >= 15 is 0 Å². The highest BCUT2D eigenvalue weighted by atomic mass is 16.1. The Morgan fingerprint density at radius 1 is 1.50 bits per heavy atom. The standard InChI is InChI=1S/C12H21N5O/c1-7(2)17-12(10(13)8(3)15-17)16-5-4-9(6-16)11(14)18/h7,9H,4-6,13H2,1-3H3,(H2,14,18). The highest BCUT2D eigenvalue weighted by molar-refractivity contribution is 5.79. The molecule has 0 spiro atoms. The molecule has 0 bridgehead atoms. The average molecular weight is 251 g/mol. The molecule has 1 aliphatic rings. The van der Waals surface area contributed by atoms with Crippen LogP contribution in [0.15, 0.2) is 0 Å². The summed E-state index contributed by atoms with van der Waals surface area (Å²) in [7, 11) is 0. The predicted molar refractivity (Wildman–Crippen MR) is 71.3 cm³/mol. The second-order valence-electron chi connectivity index (χ2n) is 5.19. The smallest absolute Gasteiger partial charge is 0.222 e. The van der Waals surface area contributed by atoms with Gasteiger partial charge in [-0.25, -0.2) is 4.68 Å². The van der Waals surface area contributed by atoms with E-state index in [2.05, 4.69) is 23.8 Å². The molecule has 0 aromatic carbocycles.